The van der Waals surface area contributed by atoms with E-state index >= 15 is 0 Å². The molecule has 2 atom stereocenters. The Balaban J connectivity index is 2.63. The number of hydrogen-bond acceptors (Lipinski definition) is 2. The molecule has 0 fully saturated rings. The lowest BCUT2D eigenvalue weighted by atomic mass is 9.88. The molecule has 0 heterocycles. The lowest BCUT2D eigenvalue weighted by Crippen LogP contribution is -2.18. The first-order chi connectivity index (χ1) is 6.92. The smallest absolute Gasteiger partial charge is 0.147 e. The molecule has 0 amide bonds. The SMILES string of the molecule is CS(=O)(=O)CCC1C=C(Cl)C=CC1CCl. The Morgan fingerprint density at radius 1 is 1.40 bits per heavy atom. The van der Waals surface area contributed by atoms with Gasteiger partial charge in [0, 0.05) is 17.2 Å². The van der Waals surface area contributed by atoms with E-state index in [1.807, 2.05) is 18.2 Å². The highest BCUT2D eigenvalue weighted by molar-refractivity contribution is 7.90. The van der Waals surface area contributed by atoms with Gasteiger partial charge in [0.2, 0.25) is 0 Å². The summed E-state index contributed by atoms with van der Waals surface area (Å²) in [6, 6.07) is 0. The summed E-state index contributed by atoms with van der Waals surface area (Å²) in [6.45, 7) is 0. The van der Waals surface area contributed by atoms with Crippen molar-refractivity contribution in [2.75, 3.05) is 17.9 Å². The van der Waals surface area contributed by atoms with Crippen LogP contribution in [0, 0.1) is 11.8 Å². The minimum atomic E-state index is -2.91. The maximum absolute atomic E-state index is 11.0. The molecular formula is C10H14Cl2O2S. The van der Waals surface area contributed by atoms with Gasteiger partial charge in [-0.3, -0.25) is 0 Å². The molecule has 0 aliphatic heterocycles. The average Bonchev–Trinajstić information content (AvgIpc) is 2.14. The van der Waals surface area contributed by atoms with Crippen molar-refractivity contribution in [2.24, 2.45) is 11.8 Å². The molecule has 0 bridgehead atoms. The molecule has 0 aromatic heterocycles. The largest absolute Gasteiger partial charge is 0.229 e. The van der Waals surface area contributed by atoms with Gasteiger partial charge in [-0.15, -0.1) is 11.6 Å². The highest BCUT2D eigenvalue weighted by atomic mass is 35.5. The highest BCUT2D eigenvalue weighted by Gasteiger charge is 2.21. The first-order valence-electron chi connectivity index (χ1n) is 4.71. The summed E-state index contributed by atoms with van der Waals surface area (Å²) in [5.41, 5.74) is 0. The molecule has 0 saturated heterocycles. The van der Waals surface area contributed by atoms with Gasteiger partial charge < -0.3 is 0 Å². The van der Waals surface area contributed by atoms with E-state index in [0.717, 1.165) is 0 Å². The zero-order valence-corrected chi connectivity index (χ0v) is 10.8. The summed E-state index contributed by atoms with van der Waals surface area (Å²) < 4.78 is 22.1. The minimum Gasteiger partial charge on any atom is -0.229 e. The molecular weight excluding hydrogens is 255 g/mol. The monoisotopic (exact) mass is 268 g/mol. The fourth-order valence-electron chi connectivity index (χ4n) is 1.56. The van der Waals surface area contributed by atoms with E-state index in [9.17, 15) is 8.42 Å². The van der Waals surface area contributed by atoms with Crippen LogP contribution in [0.4, 0.5) is 0 Å². The van der Waals surface area contributed by atoms with Gasteiger partial charge in [-0.05, 0) is 24.3 Å². The van der Waals surface area contributed by atoms with Crippen molar-refractivity contribution < 1.29 is 8.42 Å². The van der Waals surface area contributed by atoms with Gasteiger partial charge in [-0.25, -0.2) is 8.42 Å². The van der Waals surface area contributed by atoms with Crippen LogP contribution in [0.25, 0.3) is 0 Å². The summed E-state index contributed by atoms with van der Waals surface area (Å²) in [6.07, 6.45) is 7.47. The van der Waals surface area contributed by atoms with Crippen LogP contribution < -0.4 is 0 Å². The maximum Gasteiger partial charge on any atom is 0.147 e. The first-order valence-corrected chi connectivity index (χ1v) is 7.69. The van der Waals surface area contributed by atoms with Crippen LogP contribution in [-0.4, -0.2) is 26.3 Å². The normalized spacial score (nSPS) is 26.5. The Bertz CT molecular complexity index is 371. The number of allylic oxidation sites excluding steroid dienone is 4. The molecule has 15 heavy (non-hydrogen) atoms. The van der Waals surface area contributed by atoms with Crippen LogP contribution in [0.2, 0.25) is 0 Å². The van der Waals surface area contributed by atoms with Crippen molar-refractivity contribution >= 4 is 33.0 Å². The van der Waals surface area contributed by atoms with Crippen LogP contribution in [-0.2, 0) is 9.84 Å². The van der Waals surface area contributed by atoms with Crippen LogP contribution in [0.1, 0.15) is 6.42 Å². The third-order valence-corrected chi connectivity index (χ3v) is 4.01. The average molecular weight is 269 g/mol. The molecule has 5 heteroatoms. The van der Waals surface area contributed by atoms with Gasteiger partial charge in [0.15, 0.2) is 0 Å². The van der Waals surface area contributed by atoms with Gasteiger partial charge >= 0.3 is 0 Å². The minimum absolute atomic E-state index is 0.134. The van der Waals surface area contributed by atoms with E-state index in [2.05, 4.69) is 0 Å². The van der Waals surface area contributed by atoms with Crippen LogP contribution >= 0.6 is 23.2 Å². The molecule has 0 saturated carbocycles. The van der Waals surface area contributed by atoms with E-state index in [0.29, 0.717) is 17.3 Å². The molecule has 2 unspecified atom stereocenters. The Labute approximate surface area is 101 Å². The van der Waals surface area contributed by atoms with Crippen molar-refractivity contribution in [1.29, 1.82) is 0 Å². The number of hydrogen-bond donors (Lipinski definition) is 0. The van der Waals surface area contributed by atoms with Crippen LogP contribution in [0.5, 0.6) is 0 Å². The third kappa shape index (κ3) is 4.58. The summed E-state index contributed by atoms with van der Waals surface area (Å²) >= 11 is 11.7. The maximum atomic E-state index is 11.0. The lowest BCUT2D eigenvalue weighted by Gasteiger charge is -2.22. The molecule has 0 radical (unpaired) electrons. The van der Waals surface area contributed by atoms with Gasteiger partial charge in [-0.1, -0.05) is 23.8 Å². The Morgan fingerprint density at radius 3 is 2.60 bits per heavy atom. The predicted octanol–water partition coefficient (Wildman–Crippen LogP) is 2.58. The van der Waals surface area contributed by atoms with E-state index in [4.69, 9.17) is 23.2 Å². The second-order valence-electron chi connectivity index (χ2n) is 3.81. The van der Waals surface area contributed by atoms with Crippen molar-refractivity contribution in [3.63, 3.8) is 0 Å². The van der Waals surface area contributed by atoms with E-state index in [1.165, 1.54) is 6.26 Å². The quantitative estimate of drug-likeness (QED) is 0.735. The summed E-state index contributed by atoms with van der Waals surface area (Å²) in [7, 11) is -2.91. The predicted molar refractivity (Wildman–Crippen MR) is 65.1 cm³/mol. The van der Waals surface area contributed by atoms with Crippen molar-refractivity contribution in [3.05, 3.63) is 23.3 Å². The molecule has 0 spiro atoms. The van der Waals surface area contributed by atoms with Crippen LogP contribution in [0.3, 0.4) is 0 Å². The molecule has 1 aliphatic carbocycles. The van der Waals surface area contributed by atoms with Crippen molar-refractivity contribution in [2.45, 2.75) is 6.42 Å². The Morgan fingerprint density at radius 2 is 2.07 bits per heavy atom. The lowest BCUT2D eigenvalue weighted by molar-refractivity contribution is 0.492. The first kappa shape index (κ1) is 13.1. The number of sulfone groups is 1. The second kappa shape index (κ2) is 5.37. The third-order valence-electron chi connectivity index (χ3n) is 2.43. The number of rotatable bonds is 4. The standard InChI is InChI=1S/C10H14Cl2O2S/c1-15(13,14)5-4-8-6-10(12)3-2-9(8)7-11/h2-3,6,8-9H,4-5,7H2,1H3. The molecule has 0 aromatic rings. The summed E-state index contributed by atoms with van der Waals surface area (Å²) in [5.74, 6) is 0.996. The molecule has 86 valence electrons. The van der Waals surface area contributed by atoms with Crippen molar-refractivity contribution in [1.82, 2.24) is 0 Å². The fraction of sp³-hybridized carbons (Fsp3) is 0.600. The van der Waals surface area contributed by atoms with Crippen molar-refractivity contribution in [3.8, 4) is 0 Å². The molecule has 0 aromatic carbocycles. The zero-order chi connectivity index (χ0) is 11.5. The number of halogens is 2. The molecule has 2 nitrogen and oxygen atoms in total. The summed E-state index contributed by atoms with van der Waals surface area (Å²) in [5, 5.41) is 0.662. The van der Waals surface area contributed by atoms with Gasteiger partial charge in [0.1, 0.15) is 9.84 Å². The molecule has 1 aliphatic rings. The Hall–Kier alpha value is 0.01000. The number of alkyl halides is 1. The van der Waals surface area contributed by atoms with Gasteiger partial charge in [-0.2, -0.15) is 0 Å². The zero-order valence-electron chi connectivity index (χ0n) is 8.49. The van der Waals surface area contributed by atoms with Gasteiger partial charge in [0.25, 0.3) is 0 Å². The molecule has 0 N–H and O–H groups in total. The van der Waals surface area contributed by atoms with E-state index in [-0.39, 0.29) is 17.6 Å². The second-order valence-corrected chi connectivity index (χ2v) is 6.82. The van der Waals surface area contributed by atoms with E-state index in [1.54, 1.807) is 0 Å². The fourth-order valence-corrected chi connectivity index (χ4v) is 2.82. The van der Waals surface area contributed by atoms with Crippen LogP contribution in [0.15, 0.2) is 23.3 Å². The van der Waals surface area contributed by atoms with Gasteiger partial charge in [0.05, 0.1) is 5.75 Å². The molecule has 1 rings (SSSR count). The van der Waals surface area contributed by atoms with E-state index < -0.39 is 9.84 Å². The highest BCUT2D eigenvalue weighted by Crippen LogP contribution is 2.28. The summed E-state index contributed by atoms with van der Waals surface area (Å²) in [4.78, 5) is 0. The Kier molecular flexibility index (Phi) is 4.68. The topological polar surface area (TPSA) is 34.1 Å².